The van der Waals surface area contributed by atoms with E-state index < -0.39 is 0 Å². The van der Waals surface area contributed by atoms with E-state index in [1.54, 1.807) is 10.8 Å². The van der Waals surface area contributed by atoms with Crippen molar-refractivity contribution in [2.24, 2.45) is 0 Å². The highest BCUT2D eigenvalue weighted by atomic mass is 16.1. The normalized spacial score (nSPS) is 15.7. The molecule has 6 heteroatoms. The number of fused-ring (bicyclic) bond motifs is 2. The lowest BCUT2D eigenvalue weighted by Crippen LogP contribution is -2.44. The molecule has 5 rings (SSSR count). The molecule has 1 fully saturated rings. The van der Waals surface area contributed by atoms with Gasteiger partial charge in [0.2, 0.25) is 0 Å². The van der Waals surface area contributed by atoms with Gasteiger partial charge in [-0.15, -0.1) is 0 Å². The van der Waals surface area contributed by atoms with Crippen molar-refractivity contribution in [2.45, 2.75) is 0 Å². The maximum atomic E-state index is 12.5. The number of nitrogens with one attached hydrogen (secondary N) is 1. The molecule has 6 nitrogen and oxygen atoms in total. The fourth-order valence-corrected chi connectivity index (χ4v) is 3.90. The van der Waals surface area contributed by atoms with Crippen LogP contribution in [0.3, 0.4) is 0 Å². The summed E-state index contributed by atoms with van der Waals surface area (Å²) in [7, 11) is 2.16. The average molecular weight is 359 g/mol. The number of hydrogen-bond acceptors (Lipinski definition) is 4. The van der Waals surface area contributed by atoms with Crippen molar-refractivity contribution >= 4 is 27.6 Å². The highest BCUT2D eigenvalue weighted by Crippen LogP contribution is 2.30. The molecule has 1 saturated heterocycles. The lowest BCUT2D eigenvalue weighted by Gasteiger charge is -2.34. The van der Waals surface area contributed by atoms with Gasteiger partial charge in [-0.1, -0.05) is 18.2 Å². The molecule has 0 spiro atoms. The second-order valence-corrected chi connectivity index (χ2v) is 7.11. The Hall–Kier alpha value is -3.12. The van der Waals surface area contributed by atoms with Crippen LogP contribution in [0.15, 0.2) is 59.5 Å². The molecule has 0 amide bonds. The number of nitrogens with zero attached hydrogens (tertiary/aromatic N) is 4. The number of hydrogen-bond donors (Lipinski definition) is 1. The van der Waals surface area contributed by atoms with Gasteiger partial charge in [0.1, 0.15) is 0 Å². The van der Waals surface area contributed by atoms with Crippen LogP contribution in [0, 0.1) is 0 Å². The predicted molar refractivity (Wildman–Crippen MR) is 109 cm³/mol. The van der Waals surface area contributed by atoms with Gasteiger partial charge in [-0.2, -0.15) is 0 Å². The third-order valence-corrected chi connectivity index (χ3v) is 5.40. The number of likely N-dealkylation sites (N-methyl/N-ethyl adjacent to an activating group) is 1. The molecular formula is C21H21N5O. The Balaban J connectivity index is 1.68. The van der Waals surface area contributed by atoms with Crippen LogP contribution in [0.5, 0.6) is 0 Å². The van der Waals surface area contributed by atoms with Crippen molar-refractivity contribution in [2.75, 3.05) is 38.1 Å². The number of aromatic amines is 1. The van der Waals surface area contributed by atoms with Crippen molar-refractivity contribution in [3.8, 4) is 5.69 Å². The lowest BCUT2D eigenvalue weighted by molar-refractivity contribution is 0.313. The van der Waals surface area contributed by atoms with Crippen LogP contribution in [0.4, 0.5) is 5.69 Å². The first kappa shape index (κ1) is 16.1. The highest BCUT2D eigenvalue weighted by molar-refractivity contribution is 5.96. The summed E-state index contributed by atoms with van der Waals surface area (Å²) in [5.41, 5.74) is 3.32. The fraction of sp³-hybridized carbons (Fsp3) is 0.238. The Morgan fingerprint density at radius 3 is 2.70 bits per heavy atom. The van der Waals surface area contributed by atoms with Crippen LogP contribution < -0.4 is 10.6 Å². The minimum Gasteiger partial charge on any atom is -0.368 e. The highest BCUT2D eigenvalue weighted by Gasteiger charge is 2.17. The van der Waals surface area contributed by atoms with Crippen LogP contribution in [0.25, 0.3) is 27.6 Å². The number of anilines is 1. The molecule has 2 aromatic heterocycles. The quantitative estimate of drug-likeness (QED) is 0.598. The van der Waals surface area contributed by atoms with Crippen LogP contribution in [-0.2, 0) is 0 Å². The van der Waals surface area contributed by atoms with Gasteiger partial charge in [-0.3, -0.25) is 9.55 Å². The van der Waals surface area contributed by atoms with E-state index >= 15 is 0 Å². The number of pyridine rings is 1. The third kappa shape index (κ3) is 2.69. The van der Waals surface area contributed by atoms with Gasteiger partial charge in [0.25, 0.3) is 0 Å². The molecule has 0 aliphatic carbocycles. The van der Waals surface area contributed by atoms with E-state index in [4.69, 9.17) is 0 Å². The number of H-pyrrole nitrogens is 1. The van der Waals surface area contributed by atoms with E-state index in [9.17, 15) is 4.79 Å². The molecule has 0 atom stereocenters. The summed E-state index contributed by atoms with van der Waals surface area (Å²) in [5.74, 6) is 0. The van der Waals surface area contributed by atoms with Crippen molar-refractivity contribution in [1.82, 2.24) is 19.4 Å². The van der Waals surface area contributed by atoms with E-state index in [1.807, 2.05) is 18.2 Å². The largest absolute Gasteiger partial charge is 0.368 e. The molecule has 4 aromatic rings. The van der Waals surface area contributed by atoms with Crippen molar-refractivity contribution in [3.05, 3.63) is 65.2 Å². The van der Waals surface area contributed by atoms with Crippen LogP contribution in [0.2, 0.25) is 0 Å². The van der Waals surface area contributed by atoms with E-state index in [-0.39, 0.29) is 5.69 Å². The van der Waals surface area contributed by atoms with E-state index in [0.717, 1.165) is 37.4 Å². The van der Waals surface area contributed by atoms with Gasteiger partial charge >= 0.3 is 5.69 Å². The molecular weight excluding hydrogens is 338 g/mol. The standard InChI is InChI=1S/C21H21N5O/c1-24-10-12-25(13-11-24)18-5-2-4-15-7-8-16(14-17(15)18)26-19-6-3-9-22-20(19)23-21(26)27/h2-9,14H,10-13H2,1H3,(H,22,23,27). The predicted octanol–water partition coefficient (Wildman–Crippen LogP) is 2.62. The topological polar surface area (TPSA) is 57.2 Å². The van der Waals surface area contributed by atoms with Crippen molar-refractivity contribution in [1.29, 1.82) is 0 Å². The number of benzene rings is 2. The minimum absolute atomic E-state index is 0.167. The van der Waals surface area contributed by atoms with E-state index in [2.05, 4.69) is 57.1 Å². The fourth-order valence-electron chi connectivity index (χ4n) is 3.90. The van der Waals surface area contributed by atoms with Gasteiger partial charge in [-0.25, -0.2) is 9.78 Å². The minimum atomic E-state index is -0.167. The summed E-state index contributed by atoms with van der Waals surface area (Å²) in [6, 6.07) is 16.4. The molecule has 0 saturated carbocycles. The van der Waals surface area contributed by atoms with Crippen LogP contribution in [-0.4, -0.2) is 52.7 Å². The summed E-state index contributed by atoms with van der Waals surface area (Å²) in [5, 5.41) is 2.35. The molecule has 27 heavy (non-hydrogen) atoms. The van der Waals surface area contributed by atoms with Gasteiger partial charge in [0.15, 0.2) is 5.65 Å². The smallest absolute Gasteiger partial charge is 0.332 e. The second-order valence-electron chi connectivity index (χ2n) is 7.11. The molecule has 136 valence electrons. The summed E-state index contributed by atoms with van der Waals surface area (Å²) in [6.45, 7) is 4.14. The maximum Gasteiger partial charge on any atom is 0.332 e. The molecule has 2 aromatic carbocycles. The Labute approximate surface area is 156 Å². The summed E-state index contributed by atoms with van der Waals surface area (Å²) >= 11 is 0. The first-order valence-electron chi connectivity index (χ1n) is 9.23. The van der Waals surface area contributed by atoms with Gasteiger partial charge in [-0.05, 0) is 42.8 Å². The van der Waals surface area contributed by atoms with Gasteiger partial charge in [0, 0.05) is 43.4 Å². The molecule has 3 heterocycles. The zero-order chi connectivity index (χ0) is 18.4. The summed E-state index contributed by atoms with van der Waals surface area (Å²) in [4.78, 5) is 24.4. The Morgan fingerprint density at radius 2 is 1.85 bits per heavy atom. The first-order chi connectivity index (χ1) is 13.2. The Bertz CT molecular complexity index is 1180. The van der Waals surface area contributed by atoms with E-state index in [0.29, 0.717) is 5.65 Å². The SMILES string of the molecule is CN1CCN(c2cccc3ccc(-n4c(=O)[nH]c5ncccc54)cc23)CC1. The number of imidazole rings is 1. The monoisotopic (exact) mass is 359 g/mol. The van der Waals surface area contributed by atoms with Crippen LogP contribution in [0.1, 0.15) is 0 Å². The molecule has 1 aliphatic rings. The van der Waals surface area contributed by atoms with Gasteiger partial charge in [0.05, 0.1) is 11.2 Å². The average Bonchev–Trinajstić information content (AvgIpc) is 3.03. The Kier molecular flexibility index (Phi) is 3.72. The third-order valence-electron chi connectivity index (χ3n) is 5.40. The number of aromatic nitrogens is 3. The zero-order valence-electron chi connectivity index (χ0n) is 15.2. The molecule has 0 unspecified atom stereocenters. The molecule has 0 radical (unpaired) electrons. The van der Waals surface area contributed by atoms with Gasteiger partial charge < -0.3 is 9.80 Å². The lowest BCUT2D eigenvalue weighted by atomic mass is 10.1. The Morgan fingerprint density at radius 1 is 1.00 bits per heavy atom. The molecule has 1 aliphatic heterocycles. The van der Waals surface area contributed by atoms with Crippen molar-refractivity contribution < 1.29 is 0 Å². The zero-order valence-corrected chi connectivity index (χ0v) is 15.2. The molecule has 0 bridgehead atoms. The summed E-state index contributed by atoms with van der Waals surface area (Å²) < 4.78 is 1.70. The van der Waals surface area contributed by atoms with Crippen LogP contribution >= 0.6 is 0 Å². The number of piperazine rings is 1. The van der Waals surface area contributed by atoms with E-state index in [1.165, 1.54) is 16.5 Å². The second kappa shape index (κ2) is 6.25. The van der Waals surface area contributed by atoms with Crippen molar-refractivity contribution in [3.63, 3.8) is 0 Å². The summed E-state index contributed by atoms with van der Waals surface area (Å²) in [6.07, 6.45) is 1.69. The first-order valence-corrected chi connectivity index (χ1v) is 9.23. The number of rotatable bonds is 2. The maximum absolute atomic E-state index is 12.5. The molecule has 1 N–H and O–H groups in total.